The number of fused-ring (bicyclic) bond motifs is 2. The molecule has 2 aliphatic carbocycles. The van der Waals surface area contributed by atoms with E-state index in [0.717, 1.165) is 0 Å². The van der Waals surface area contributed by atoms with Crippen molar-refractivity contribution in [3.8, 4) is 0 Å². The summed E-state index contributed by atoms with van der Waals surface area (Å²) < 4.78 is 0. The Morgan fingerprint density at radius 2 is 2.00 bits per heavy atom. The lowest BCUT2D eigenvalue weighted by Crippen LogP contribution is -2.39. The second-order valence-electron chi connectivity index (χ2n) is 5.73. The first kappa shape index (κ1) is 11.7. The monoisotopic (exact) mass is 218 g/mol. The minimum atomic E-state index is -0.749. The molecule has 16 heavy (non-hydrogen) atoms. The number of allylic oxidation sites excluding steroid dienone is 4. The predicted octanol–water partition coefficient (Wildman–Crippen LogP) is 3.33. The number of hydrogen-bond donors (Lipinski definition) is 1. The van der Waals surface area contributed by atoms with Crippen molar-refractivity contribution in [3.05, 3.63) is 36.5 Å². The molecule has 0 saturated heterocycles. The molecule has 0 aromatic rings. The van der Waals surface area contributed by atoms with Crippen LogP contribution in [0, 0.1) is 23.7 Å². The van der Waals surface area contributed by atoms with Gasteiger partial charge in [0.15, 0.2) is 0 Å². The smallest absolute Gasteiger partial charge is 0.0836 e. The Morgan fingerprint density at radius 1 is 1.38 bits per heavy atom. The molecule has 0 aromatic heterocycles. The van der Waals surface area contributed by atoms with E-state index in [-0.39, 0.29) is 0 Å². The third-order valence-corrected chi connectivity index (χ3v) is 4.13. The highest BCUT2D eigenvalue weighted by Gasteiger charge is 2.49. The molecule has 2 bridgehead atoms. The lowest BCUT2D eigenvalue weighted by atomic mass is 9.72. The molecule has 1 nitrogen and oxygen atoms in total. The van der Waals surface area contributed by atoms with Crippen LogP contribution in [0.1, 0.15) is 27.2 Å². The van der Waals surface area contributed by atoms with Crippen LogP contribution in [0.25, 0.3) is 0 Å². The van der Waals surface area contributed by atoms with Crippen molar-refractivity contribution >= 4 is 0 Å². The molecule has 1 fully saturated rings. The first-order valence-corrected chi connectivity index (χ1v) is 6.15. The second-order valence-corrected chi connectivity index (χ2v) is 5.73. The van der Waals surface area contributed by atoms with Crippen LogP contribution in [0.3, 0.4) is 0 Å². The molecular formula is C15H22O. The topological polar surface area (TPSA) is 20.2 Å². The lowest BCUT2D eigenvalue weighted by molar-refractivity contribution is 0.0190. The van der Waals surface area contributed by atoms with E-state index in [1.54, 1.807) is 6.08 Å². The fourth-order valence-electron chi connectivity index (χ4n) is 3.43. The largest absolute Gasteiger partial charge is 0.386 e. The first-order chi connectivity index (χ1) is 7.45. The van der Waals surface area contributed by atoms with Crippen LogP contribution in [0.5, 0.6) is 0 Å². The van der Waals surface area contributed by atoms with Crippen LogP contribution in [-0.4, -0.2) is 10.7 Å². The number of aliphatic hydroxyl groups is 1. The molecule has 0 aromatic carbocycles. The fourth-order valence-corrected chi connectivity index (χ4v) is 3.43. The van der Waals surface area contributed by atoms with Crippen LogP contribution in [0.4, 0.5) is 0 Å². The highest BCUT2D eigenvalue weighted by atomic mass is 16.3. The van der Waals surface area contributed by atoms with Crippen LogP contribution in [0.15, 0.2) is 36.5 Å². The van der Waals surface area contributed by atoms with E-state index in [9.17, 15) is 5.11 Å². The van der Waals surface area contributed by atoms with Gasteiger partial charge in [0.25, 0.3) is 0 Å². The number of rotatable bonds is 3. The molecule has 0 spiro atoms. The molecule has 0 heterocycles. The maximum atomic E-state index is 10.4. The van der Waals surface area contributed by atoms with Crippen molar-refractivity contribution in [2.24, 2.45) is 23.7 Å². The SMILES string of the molecule is C=CC(C)(O)C1C2C=CC(C2)C1C=C(C)C. The molecule has 5 atom stereocenters. The van der Waals surface area contributed by atoms with Gasteiger partial charge in [0.05, 0.1) is 5.60 Å². The Labute approximate surface area is 98.6 Å². The summed E-state index contributed by atoms with van der Waals surface area (Å²) in [7, 11) is 0. The Hall–Kier alpha value is -0.820. The third kappa shape index (κ3) is 1.78. The standard InChI is InChI=1S/C15H22O/c1-5-15(4,16)14-12-7-6-11(9-12)13(14)8-10(2)3/h5-8,11-14,16H,1,9H2,2-4H3. The normalized spacial score (nSPS) is 39.5. The minimum absolute atomic E-state index is 0.301. The molecular weight excluding hydrogens is 196 g/mol. The molecule has 1 heteroatoms. The van der Waals surface area contributed by atoms with Crippen molar-refractivity contribution < 1.29 is 5.11 Å². The maximum absolute atomic E-state index is 10.4. The molecule has 0 amide bonds. The quantitative estimate of drug-likeness (QED) is 0.720. The molecule has 0 aliphatic heterocycles. The average molecular weight is 218 g/mol. The fraction of sp³-hybridized carbons (Fsp3) is 0.600. The van der Waals surface area contributed by atoms with Crippen molar-refractivity contribution in [2.75, 3.05) is 0 Å². The van der Waals surface area contributed by atoms with Gasteiger partial charge in [-0.2, -0.15) is 0 Å². The van der Waals surface area contributed by atoms with Gasteiger partial charge in [-0.25, -0.2) is 0 Å². The van der Waals surface area contributed by atoms with Gasteiger partial charge in [-0.1, -0.05) is 29.9 Å². The van der Waals surface area contributed by atoms with Crippen molar-refractivity contribution in [1.82, 2.24) is 0 Å². The first-order valence-electron chi connectivity index (χ1n) is 6.15. The Bertz CT molecular complexity index is 344. The Kier molecular flexibility index (Phi) is 2.83. The molecule has 5 unspecified atom stereocenters. The van der Waals surface area contributed by atoms with Gasteiger partial charge in [-0.3, -0.25) is 0 Å². The molecule has 2 aliphatic rings. The van der Waals surface area contributed by atoms with Gasteiger partial charge in [-0.05, 0) is 44.9 Å². The van der Waals surface area contributed by atoms with Crippen molar-refractivity contribution in [3.63, 3.8) is 0 Å². The zero-order chi connectivity index (χ0) is 11.9. The van der Waals surface area contributed by atoms with E-state index >= 15 is 0 Å². The summed E-state index contributed by atoms with van der Waals surface area (Å²) in [5.74, 6) is 1.93. The van der Waals surface area contributed by atoms with Gasteiger partial charge >= 0.3 is 0 Å². The average Bonchev–Trinajstić information content (AvgIpc) is 2.76. The summed E-state index contributed by atoms with van der Waals surface area (Å²) in [4.78, 5) is 0. The minimum Gasteiger partial charge on any atom is -0.386 e. The molecule has 2 rings (SSSR count). The summed E-state index contributed by atoms with van der Waals surface area (Å²) in [6, 6.07) is 0. The third-order valence-electron chi connectivity index (χ3n) is 4.13. The summed E-state index contributed by atoms with van der Waals surface area (Å²) >= 11 is 0. The van der Waals surface area contributed by atoms with Crippen LogP contribution in [-0.2, 0) is 0 Å². The van der Waals surface area contributed by atoms with Gasteiger partial charge in [0, 0.05) is 5.92 Å². The summed E-state index contributed by atoms with van der Waals surface area (Å²) in [5.41, 5.74) is 0.594. The van der Waals surface area contributed by atoms with Crippen LogP contribution in [0.2, 0.25) is 0 Å². The van der Waals surface area contributed by atoms with E-state index in [1.165, 1.54) is 12.0 Å². The van der Waals surface area contributed by atoms with Gasteiger partial charge in [0.2, 0.25) is 0 Å². The van der Waals surface area contributed by atoms with Crippen LogP contribution >= 0.6 is 0 Å². The molecule has 88 valence electrons. The highest BCUT2D eigenvalue weighted by Crippen LogP contribution is 2.53. The maximum Gasteiger partial charge on any atom is 0.0836 e. The molecule has 1 N–H and O–H groups in total. The predicted molar refractivity (Wildman–Crippen MR) is 68.0 cm³/mol. The summed E-state index contributed by atoms with van der Waals surface area (Å²) in [6.45, 7) is 9.94. The van der Waals surface area contributed by atoms with Crippen molar-refractivity contribution in [2.45, 2.75) is 32.8 Å². The zero-order valence-electron chi connectivity index (χ0n) is 10.5. The zero-order valence-corrected chi connectivity index (χ0v) is 10.5. The van der Waals surface area contributed by atoms with E-state index < -0.39 is 5.60 Å². The van der Waals surface area contributed by atoms with Gasteiger partial charge in [-0.15, -0.1) is 6.58 Å². The molecule has 1 saturated carbocycles. The summed E-state index contributed by atoms with van der Waals surface area (Å²) in [5, 5.41) is 10.4. The van der Waals surface area contributed by atoms with E-state index in [0.29, 0.717) is 23.7 Å². The summed E-state index contributed by atoms with van der Waals surface area (Å²) in [6.07, 6.45) is 9.84. The Balaban J connectivity index is 2.32. The van der Waals surface area contributed by atoms with Crippen molar-refractivity contribution in [1.29, 1.82) is 0 Å². The second kappa shape index (κ2) is 3.89. The van der Waals surface area contributed by atoms with E-state index in [1.807, 2.05) is 6.92 Å². The lowest BCUT2D eigenvalue weighted by Gasteiger charge is -2.36. The molecule has 0 radical (unpaired) electrons. The highest BCUT2D eigenvalue weighted by molar-refractivity contribution is 5.23. The number of hydrogen-bond acceptors (Lipinski definition) is 1. The van der Waals surface area contributed by atoms with Gasteiger partial charge < -0.3 is 5.11 Å². The van der Waals surface area contributed by atoms with Crippen LogP contribution < -0.4 is 0 Å². The van der Waals surface area contributed by atoms with Gasteiger partial charge in [0.1, 0.15) is 0 Å². The van der Waals surface area contributed by atoms with E-state index in [2.05, 4.69) is 38.7 Å². The van der Waals surface area contributed by atoms with E-state index in [4.69, 9.17) is 0 Å². The Morgan fingerprint density at radius 3 is 2.56 bits per heavy atom.